The van der Waals surface area contributed by atoms with Gasteiger partial charge in [-0.1, -0.05) is 0 Å². The van der Waals surface area contributed by atoms with Gasteiger partial charge in [0.15, 0.2) is 11.5 Å². The van der Waals surface area contributed by atoms with Gasteiger partial charge in [0.2, 0.25) is 12.0 Å². The van der Waals surface area contributed by atoms with Crippen LogP contribution in [0.4, 0.5) is 0 Å². The average molecular weight is 447 g/mol. The summed E-state index contributed by atoms with van der Waals surface area (Å²) in [5.41, 5.74) is 0.532. The number of aromatic hydroxyl groups is 3. The first-order chi connectivity index (χ1) is 15.2. The number of benzene rings is 2. The van der Waals surface area contributed by atoms with E-state index in [0.29, 0.717) is 5.56 Å². The summed E-state index contributed by atoms with van der Waals surface area (Å²) >= 11 is 0. The second kappa shape index (κ2) is 8.32. The molecule has 1 aliphatic heterocycles. The Kier molecular flexibility index (Phi) is 5.70. The summed E-state index contributed by atoms with van der Waals surface area (Å²) in [6, 6.07) is 8.23. The van der Waals surface area contributed by atoms with Crippen LogP contribution in [0.15, 0.2) is 40.8 Å². The van der Waals surface area contributed by atoms with Crippen LogP contribution in [0.5, 0.6) is 28.7 Å². The number of rotatable bonds is 4. The van der Waals surface area contributed by atoms with Gasteiger partial charge in [-0.25, -0.2) is 4.42 Å². The van der Waals surface area contributed by atoms with E-state index in [9.17, 15) is 30.6 Å². The smallest absolute Gasteiger partial charge is 0.402 e. The maximum atomic E-state index is 10.3. The predicted molar refractivity (Wildman–Crippen MR) is 111 cm³/mol. The van der Waals surface area contributed by atoms with Crippen molar-refractivity contribution in [1.82, 2.24) is 0 Å². The largest absolute Gasteiger partial charge is 0.507 e. The van der Waals surface area contributed by atoms with Crippen LogP contribution in [-0.2, 0) is 4.74 Å². The molecule has 0 aliphatic carbocycles. The highest BCUT2D eigenvalue weighted by molar-refractivity contribution is 5.88. The summed E-state index contributed by atoms with van der Waals surface area (Å²) in [7, 11) is 1.38. The number of phenolic OH excluding ortho intramolecular Hbond substituents is 3. The normalized spacial score (nSPS) is 25.6. The lowest BCUT2D eigenvalue weighted by molar-refractivity contribution is -0.268. The molecule has 2 aromatic carbocycles. The number of aliphatic hydroxyl groups excluding tert-OH is 3. The van der Waals surface area contributed by atoms with Crippen LogP contribution in [0.2, 0.25) is 0 Å². The fourth-order valence-corrected chi connectivity index (χ4v) is 3.53. The third-order valence-electron chi connectivity index (χ3n) is 5.31. The molecule has 10 heteroatoms. The van der Waals surface area contributed by atoms with Crippen molar-refractivity contribution < 1.29 is 49.3 Å². The van der Waals surface area contributed by atoms with Crippen molar-refractivity contribution in [1.29, 1.82) is 0 Å². The summed E-state index contributed by atoms with van der Waals surface area (Å²) in [4.78, 5) is 0. The lowest BCUT2D eigenvalue weighted by atomic mass is 10.00. The summed E-state index contributed by atoms with van der Waals surface area (Å²) < 4.78 is 22.4. The standard InChI is InChI=1S/C22H22O10/c1-9-18(26)19(27)20(28)22(30-9)32-17-8-12-14(25)6-11(23)7-15(12)31-21(17)10-3-4-13(24)16(5-10)29-2/h3-9,18-20,22,26-28H,1-2H3,(H2-,23,24,25)/p+1/t9-,18-,19+,20+,22-/m0/s1. The van der Waals surface area contributed by atoms with Crippen LogP contribution in [0.3, 0.4) is 0 Å². The van der Waals surface area contributed by atoms with Gasteiger partial charge >= 0.3 is 11.3 Å². The van der Waals surface area contributed by atoms with Crippen molar-refractivity contribution >= 4 is 11.0 Å². The molecule has 0 unspecified atom stereocenters. The molecule has 2 heterocycles. The van der Waals surface area contributed by atoms with Crippen molar-refractivity contribution in [2.45, 2.75) is 37.6 Å². The van der Waals surface area contributed by atoms with Gasteiger partial charge in [0, 0.05) is 18.2 Å². The lowest BCUT2D eigenvalue weighted by Crippen LogP contribution is -2.58. The number of hydrogen-bond donors (Lipinski definition) is 6. The Morgan fingerprint density at radius 2 is 1.62 bits per heavy atom. The highest BCUT2D eigenvalue weighted by atomic mass is 16.7. The topological polar surface area (TPSA) is 160 Å². The second-order valence-corrected chi connectivity index (χ2v) is 7.50. The molecular formula is C22H23O10+. The minimum atomic E-state index is -1.58. The Morgan fingerprint density at radius 1 is 0.875 bits per heavy atom. The van der Waals surface area contributed by atoms with Crippen molar-refractivity contribution in [3.8, 4) is 40.1 Å². The van der Waals surface area contributed by atoms with E-state index in [1.165, 1.54) is 44.4 Å². The number of ether oxygens (including phenoxy) is 3. The maximum absolute atomic E-state index is 10.3. The zero-order chi connectivity index (χ0) is 23.2. The van der Waals surface area contributed by atoms with Crippen LogP contribution in [0.1, 0.15) is 6.92 Å². The monoisotopic (exact) mass is 447 g/mol. The molecule has 0 saturated carbocycles. The first kappa shape index (κ1) is 21.9. The van der Waals surface area contributed by atoms with Crippen LogP contribution in [0, 0.1) is 0 Å². The zero-order valence-electron chi connectivity index (χ0n) is 17.2. The molecule has 1 saturated heterocycles. The van der Waals surface area contributed by atoms with Crippen molar-refractivity contribution in [2.24, 2.45) is 0 Å². The minimum absolute atomic E-state index is 0.0195. The van der Waals surface area contributed by atoms with Crippen LogP contribution < -0.4 is 9.47 Å². The fraction of sp³-hybridized carbons (Fsp3) is 0.318. The molecule has 5 atom stereocenters. The van der Waals surface area contributed by atoms with E-state index >= 15 is 0 Å². The molecule has 3 aromatic rings. The molecule has 32 heavy (non-hydrogen) atoms. The summed E-state index contributed by atoms with van der Waals surface area (Å²) in [5.74, 6) is -0.331. The Hall–Kier alpha value is -3.31. The van der Waals surface area contributed by atoms with E-state index < -0.39 is 30.7 Å². The van der Waals surface area contributed by atoms with Gasteiger partial charge in [0.25, 0.3) is 0 Å². The maximum Gasteiger partial charge on any atom is 0.402 e. The third-order valence-corrected chi connectivity index (χ3v) is 5.31. The summed E-state index contributed by atoms with van der Waals surface area (Å²) in [6.45, 7) is 1.52. The average Bonchev–Trinajstić information content (AvgIpc) is 2.76. The molecule has 1 fully saturated rings. The second-order valence-electron chi connectivity index (χ2n) is 7.50. The highest BCUT2D eigenvalue weighted by Crippen LogP contribution is 2.42. The van der Waals surface area contributed by atoms with Crippen LogP contribution in [-0.4, -0.2) is 68.5 Å². The van der Waals surface area contributed by atoms with E-state index in [4.69, 9.17) is 18.6 Å². The molecular weight excluding hydrogens is 424 g/mol. The summed E-state index contributed by atoms with van der Waals surface area (Å²) in [6.07, 6.45) is -6.60. The van der Waals surface area contributed by atoms with Gasteiger partial charge in [0.1, 0.15) is 35.2 Å². The quantitative estimate of drug-likeness (QED) is 0.325. The molecule has 0 radical (unpaired) electrons. The Bertz CT molecular complexity index is 1150. The third kappa shape index (κ3) is 3.84. The van der Waals surface area contributed by atoms with Gasteiger partial charge in [-0.05, 0) is 19.1 Å². The van der Waals surface area contributed by atoms with Gasteiger partial charge in [-0.3, -0.25) is 0 Å². The van der Waals surface area contributed by atoms with Crippen LogP contribution >= 0.6 is 0 Å². The summed E-state index contributed by atoms with van der Waals surface area (Å²) in [5, 5.41) is 60.6. The predicted octanol–water partition coefficient (Wildman–Crippen LogP) is 1.71. The first-order valence-corrected chi connectivity index (χ1v) is 9.76. The zero-order valence-corrected chi connectivity index (χ0v) is 17.2. The molecule has 170 valence electrons. The molecule has 1 aliphatic rings. The minimum Gasteiger partial charge on any atom is -0.507 e. The van der Waals surface area contributed by atoms with Gasteiger partial charge in [0.05, 0.1) is 24.8 Å². The molecule has 4 rings (SSSR count). The molecule has 0 bridgehead atoms. The lowest BCUT2D eigenvalue weighted by Gasteiger charge is -2.38. The Morgan fingerprint density at radius 3 is 2.34 bits per heavy atom. The first-order valence-electron chi connectivity index (χ1n) is 9.76. The van der Waals surface area contributed by atoms with E-state index in [1.807, 2.05) is 0 Å². The fourth-order valence-electron chi connectivity index (χ4n) is 3.53. The number of aliphatic hydroxyl groups is 3. The highest BCUT2D eigenvalue weighted by Gasteiger charge is 2.44. The van der Waals surface area contributed by atoms with E-state index in [2.05, 4.69) is 0 Å². The van der Waals surface area contributed by atoms with Gasteiger partial charge in [-0.2, -0.15) is 0 Å². The van der Waals surface area contributed by atoms with E-state index in [1.54, 1.807) is 0 Å². The van der Waals surface area contributed by atoms with E-state index in [0.717, 1.165) is 6.07 Å². The number of hydrogen-bond acceptors (Lipinski definition) is 9. The molecule has 6 N–H and O–H groups in total. The molecule has 0 spiro atoms. The van der Waals surface area contributed by atoms with Gasteiger partial charge in [-0.15, -0.1) is 0 Å². The number of methoxy groups -OCH3 is 1. The van der Waals surface area contributed by atoms with Crippen molar-refractivity contribution in [3.63, 3.8) is 0 Å². The van der Waals surface area contributed by atoms with Crippen molar-refractivity contribution in [2.75, 3.05) is 7.11 Å². The molecule has 1 aromatic heterocycles. The number of fused-ring (bicyclic) bond motifs is 1. The van der Waals surface area contributed by atoms with Gasteiger partial charge < -0.3 is 44.8 Å². The molecule has 10 nitrogen and oxygen atoms in total. The Balaban J connectivity index is 1.85. The SMILES string of the molecule is COc1cc(-c2[o+]c3cc(O)cc(O)c3cc2O[C@@H]2O[C@@H](C)[C@H](O)[C@@H](O)[C@H]2O)ccc1O. The van der Waals surface area contributed by atoms with Crippen LogP contribution in [0.25, 0.3) is 22.3 Å². The van der Waals surface area contributed by atoms with Crippen molar-refractivity contribution in [3.05, 3.63) is 36.4 Å². The molecule has 0 amide bonds. The van der Waals surface area contributed by atoms with E-state index in [-0.39, 0.29) is 45.5 Å². The Labute approximate surface area is 182 Å². The number of phenols is 3.